The molecular formula is C8H11NO3. The van der Waals surface area contributed by atoms with Crippen LogP contribution in [0.2, 0.25) is 0 Å². The lowest BCUT2D eigenvalue weighted by Crippen LogP contribution is -2.01. The number of aliphatic carboxylic acids is 1. The third-order valence-electron chi connectivity index (χ3n) is 1.61. The first-order valence-corrected chi connectivity index (χ1v) is 3.74. The average Bonchev–Trinajstić information content (AvgIpc) is 2.34. The summed E-state index contributed by atoms with van der Waals surface area (Å²) in [7, 11) is 0. The van der Waals surface area contributed by atoms with Gasteiger partial charge in [0.1, 0.15) is 5.76 Å². The molecule has 1 N–H and O–H groups in total. The Morgan fingerprint density at radius 3 is 2.92 bits per heavy atom. The van der Waals surface area contributed by atoms with Gasteiger partial charge in [-0.1, -0.05) is 12.1 Å². The predicted molar refractivity (Wildman–Crippen MR) is 41.9 cm³/mol. The van der Waals surface area contributed by atoms with Crippen molar-refractivity contribution >= 4 is 5.97 Å². The highest BCUT2D eigenvalue weighted by molar-refractivity contribution is 5.67. The van der Waals surface area contributed by atoms with Crippen molar-refractivity contribution in [3.8, 4) is 0 Å². The molecule has 0 radical (unpaired) electrons. The van der Waals surface area contributed by atoms with Gasteiger partial charge in [0.05, 0.1) is 12.1 Å². The first kappa shape index (κ1) is 8.77. The van der Waals surface area contributed by atoms with E-state index in [1.807, 2.05) is 0 Å². The van der Waals surface area contributed by atoms with Crippen LogP contribution in [0.25, 0.3) is 0 Å². The second-order valence-corrected chi connectivity index (χ2v) is 2.87. The predicted octanol–water partition coefficient (Wildman–Crippen LogP) is 1.56. The second-order valence-electron chi connectivity index (χ2n) is 2.87. The molecule has 1 atom stereocenters. The molecule has 1 aromatic heterocycles. The van der Waals surface area contributed by atoms with Gasteiger partial charge in [-0.05, 0) is 6.92 Å². The summed E-state index contributed by atoms with van der Waals surface area (Å²) in [5, 5.41) is 12.2. The zero-order valence-electron chi connectivity index (χ0n) is 7.07. The fraction of sp³-hybridized carbons (Fsp3) is 0.500. The van der Waals surface area contributed by atoms with Crippen molar-refractivity contribution in [2.24, 2.45) is 0 Å². The summed E-state index contributed by atoms with van der Waals surface area (Å²) in [6.07, 6.45) is 0.0780. The minimum absolute atomic E-state index is 0.0780. The van der Waals surface area contributed by atoms with Crippen molar-refractivity contribution in [2.75, 3.05) is 0 Å². The SMILES string of the molecule is Cc1cc(C(C)CC(=O)O)on1. The highest BCUT2D eigenvalue weighted by atomic mass is 16.5. The molecule has 1 aromatic rings. The molecule has 1 unspecified atom stereocenters. The zero-order chi connectivity index (χ0) is 9.14. The maximum absolute atomic E-state index is 10.3. The number of hydrogen-bond acceptors (Lipinski definition) is 3. The fourth-order valence-electron chi connectivity index (χ4n) is 0.978. The molecule has 66 valence electrons. The summed E-state index contributed by atoms with van der Waals surface area (Å²) in [4.78, 5) is 10.3. The van der Waals surface area contributed by atoms with Crippen LogP contribution in [0.15, 0.2) is 10.6 Å². The Morgan fingerprint density at radius 2 is 2.50 bits per heavy atom. The molecule has 12 heavy (non-hydrogen) atoms. The van der Waals surface area contributed by atoms with Crippen LogP contribution in [-0.4, -0.2) is 16.2 Å². The lowest BCUT2D eigenvalue weighted by molar-refractivity contribution is -0.137. The van der Waals surface area contributed by atoms with E-state index in [2.05, 4.69) is 5.16 Å². The van der Waals surface area contributed by atoms with Crippen LogP contribution in [0.3, 0.4) is 0 Å². The molecule has 0 fully saturated rings. The summed E-state index contributed by atoms with van der Waals surface area (Å²) in [5.74, 6) is -0.296. The van der Waals surface area contributed by atoms with E-state index < -0.39 is 5.97 Å². The summed E-state index contributed by atoms with van der Waals surface area (Å²) < 4.78 is 4.91. The molecule has 1 heterocycles. The van der Waals surface area contributed by atoms with Crippen LogP contribution in [-0.2, 0) is 4.79 Å². The van der Waals surface area contributed by atoms with Gasteiger partial charge in [-0.15, -0.1) is 0 Å². The molecule has 0 aliphatic heterocycles. The van der Waals surface area contributed by atoms with Gasteiger partial charge in [-0.3, -0.25) is 4.79 Å². The number of nitrogens with zero attached hydrogens (tertiary/aromatic N) is 1. The van der Waals surface area contributed by atoms with Crippen molar-refractivity contribution in [3.63, 3.8) is 0 Å². The van der Waals surface area contributed by atoms with Gasteiger partial charge in [0.15, 0.2) is 0 Å². The maximum atomic E-state index is 10.3. The van der Waals surface area contributed by atoms with E-state index in [0.29, 0.717) is 5.76 Å². The van der Waals surface area contributed by atoms with Gasteiger partial charge < -0.3 is 9.63 Å². The average molecular weight is 169 g/mol. The van der Waals surface area contributed by atoms with Gasteiger partial charge in [0.25, 0.3) is 0 Å². The smallest absolute Gasteiger partial charge is 0.304 e. The van der Waals surface area contributed by atoms with Crippen molar-refractivity contribution in [2.45, 2.75) is 26.2 Å². The van der Waals surface area contributed by atoms with E-state index >= 15 is 0 Å². The third-order valence-corrected chi connectivity index (χ3v) is 1.61. The Bertz CT molecular complexity index is 280. The van der Waals surface area contributed by atoms with Crippen LogP contribution in [0.1, 0.15) is 30.7 Å². The van der Waals surface area contributed by atoms with E-state index in [9.17, 15) is 4.79 Å². The number of aromatic nitrogens is 1. The quantitative estimate of drug-likeness (QED) is 0.745. The molecule has 4 heteroatoms. The lowest BCUT2D eigenvalue weighted by Gasteiger charge is -2.01. The van der Waals surface area contributed by atoms with E-state index in [4.69, 9.17) is 9.63 Å². The Balaban J connectivity index is 2.64. The summed E-state index contributed by atoms with van der Waals surface area (Å²) in [6.45, 7) is 3.61. The van der Waals surface area contributed by atoms with Crippen LogP contribution in [0, 0.1) is 6.92 Å². The van der Waals surface area contributed by atoms with Gasteiger partial charge in [0.2, 0.25) is 0 Å². The molecule has 4 nitrogen and oxygen atoms in total. The molecular weight excluding hydrogens is 158 g/mol. The van der Waals surface area contributed by atoms with Gasteiger partial charge >= 0.3 is 5.97 Å². The Hall–Kier alpha value is -1.32. The molecule has 0 bridgehead atoms. The van der Waals surface area contributed by atoms with Gasteiger partial charge in [0, 0.05) is 12.0 Å². The lowest BCUT2D eigenvalue weighted by atomic mass is 10.1. The van der Waals surface area contributed by atoms with Gasteiger partial charge in [-0.25, -0.2) is 0 Å². The van der Waals surface area contributed by atoms with E-state index in [0.717, 1.165) is 5.69 Å². The molecule has 0 aliphatic carbocycles. The van der Waals surface area contributed by atoms with Crippen LogP contribution in [0.5, 0.6) is 0 Å². The number of carbonyl (C=O) groups is 1. The first-order chi connectivity index (χ1) is 5.59. The van der Waals surface area contributed by atoms with Gasteiger partial charge in [-0.2, -0.15) is 0 Å². The summed E-state index contributed by atoms with van der Waals surface area (Å²) in [5.41, 5.74) is 0.780. The summed E-state index contributed by atoms with van der Waals surface area (Å²) in [6, 6.07) is 1.76. The van der Waals surface area contributed by atoms with Crippen molar-refractivity contribution in [3.05, 3.63) is 17.5 Å². The van der Waals surface area contributed by atoms with E-state index in [1.54, 1.807) is 19.9 Å². The number of aryl methyl sites for hydroxylation is 1. The van der Waals surface area contributed by atoms with Crippen molar-refractivity contribution in [1.82, 2.24) is 5.16 Å². The fourth-order valence-corrected chi connectivity index (χ4v) is 0.978. The molecule has 0 saturated carbocycles. The van der Waals surface area contributed by atoms with E-state index in [-0.39, 0.29) is 12.3 Å². The minimum atomic E-state index is -0.823. The Morgan fingerprint density at radius 1 is 1.83 bits per heavy atom. The number of hydrogen-bond donors (Lipinski definition) is 1. The van der Waals surface area contributed by atoms with Crippen LogP contribution < -0.4 is 0 Å². The normalized spacial score (nSPS) is 12.8. The van der Waals surface area contributed by atoms with Crippen molar-refractivity contribution < 1.29 is 14.4 Å². The molecule has 0 saturated heterocycles. The van der Waals surface area contributed by atoms with Crippen molar-refractivity contribution in [1.29, 1.82) is 0 Å². The monoisotopic (exact) mass is 169 g/mol. The number of carboxylic acid groups (broad SMARTS) is 1. The van der Waals surface area contributed by atoms with Crippen LogP contribution >= 0.6 is 0 Å². The third kappa shape index (κ3) is 2.08. The van der Waals surface area contributed by atoms with E-state index in [1.165, 1.54) is 0 Å². The molecule has 1 rings (SSSR count). The first-order valence-electron chi connectivity index (χ1n) is 3.74. The second kappa shape index (κ2) is 3.38. The molecule has 0 aromatic carbocycles. The number of rotatable bonds is 3. The van der Waals surface area contributed by atoms with Crippen LogP contribution in [0.4, 0.5) is 0 Å². The largest absolute Gasteiger partial charge is 0.481 e. The zero-order valence-corrected chi connectivity index (χ0v) is 7.07. The minimum Gasteiger partial charge on any atom is -0.481 e. The molecule has 0 spiro atoms. The Kier molecular flexibility index (Phi) is 2.47. The highest BCUT2D eigenvalue weighted by Gasteiger charge is 2.14. The Labute approximate surface area is 70.2 Å². The standard InChI is InChI=1S/C8H11NO3/c1-5(3-8(10)11)7-4-6(2)9-12-7/h4-5H,3H2,1-2H3,(H,10,11). The topological polar surface area (TPSA) is 63.3 Å². The summed E-state index contributed by atoms with van der Waals surface area (Å²) >= 11 is 0. The highest BCUT2D eigenvalue weighted by Crippen LogP contribution is 2.19. The number of carboxylic acids is 1. The maximum Gasteiger partial charge on any atom is 0.304 e. The molecule has 0 amide bonds. The molecule has 0 aliphatic rings.